The molecule has 0 N–H and O–H groups in total. The molecule has 0 amide bonds. The molecule has 0 radical (unpaired) electrons. The third-order valence-corrected chi connectivity index (χ3v) is 3.55. The Bertz CT molecular complexity index is 442. The predicted molar refractivity (Wildman–Crippen MR) is 60.7 cm³/mol. The fourth-order valence-electron chi connectivity index (χ4n) is 2.66. The van der Waals surface area contributed by atoms with E-state index in [2.05, 4.69) is 0 Å². The Morgan fingerprint density at radius 2 is 1.94 bits per heavy atom. The lowest BCUT2D eigenvalue weighted by Crippen LogP contribution is -2.46. The van der Waals surface area contributed by atoms with Gasteiger partial charge < -0.3 is 9.47 Å². The van der Waals surface area contributed by atoms with Crippen molar-refractivity contribution in [3.05, 3.63) is 29.3 Å². The monoisotopic (exact) mass is 260 g/mol. The number of benzene rings is 1. The molecular formula is C13H15F3O2. The summed E-state index contributed by atoms with van der Waals surface area (Å²) in [7, 11) is 2.58. The molecule has 0 spiro atoms. The molecule has 1 aromatic rings. The molecule has 0 aliphatic heterocycles. The van der Waals surface area contributed by atoms with Crippen molar-refractivity contribution < 1.29 is 22.6 Å². The van der Waals surface area contributed by atoms with Gasteiger partial charge in [-0.3, -0.25) is 0 Å². The third kappa shape index (κ3) is 1.77. The average Bonchev–Trinajstić information content (AvgIpc) is 2.35. The fraction of sp³-hybridized carbons (Fsp3) is 0.538. The van der Waals surface area contributed by atoms with E-state index in [1.54, 1.807) is 12.1 Å². The second-order valence-electron chi connectivity index (χ2n) is 4.37. The molecule has 0 aromatic heterocycles. The molecule has 1 aliphatic rings. The second-order valence-corrected chi connectivity index (χ2v) is 4.37. The van der Waals surface area contributed by atoms with E-state index in [1.165, 1.54) is 13.2 Å². The first kappa shape index (κ1) is 13.2. The Balaban J connectivity index is 2.64. The average molecular weight is 260 g/mol. The minimum atomic E-state index is -4.43. The van der Waals surface area contributed by atoms with Crippen LogP contribution >= 0.6 is 0 Å². The molecule has 2 rings (SSSR count). The topological polar surface area (TPSA) is 18.5 Å². The van der Waals surface area contributed by atoms with Crippen molar-refractivity contribution in [3.8, 4) is 5.75 Å². The van der Waals surface area contributed by atoms with E-state index in [-0.39, 0.29) is 12.0 Å². The Kier molecular flexibility index (Phi) is 3.27. The van der Waals surface area contributed by atoms with E-state index in [9.17, 15) is 13.2 Å². The summed E-state index contributed by atoms with van der Waals surface area (Å²) in [6, 6.07) is 4.73. The molecule has 1 aromatic carbocycles. The molecule has 1 aliphatic carbocycles. The van der Waals surface area contributed by atoms with Crippen molar-refractivity contribution in [2.75, 3.05) is 14.2 Å². The van der Waals surface area contributed by atoms with E-state index in [0.29, 0.717) is 24.2 Å². The largest absolute Gasteiger partial charge is 0.496 e. The van der Waals surface area contributed by atoms with Crippen LogP contribution in [0.5, 0.6) is 5.75 Å². The standard InChI is InChI=1S/C13H15F3O2/c1-17-11-7-3-6-10-9(11)5-4-8-12(10,18-2)13(14,15)16/h3,6-7H,4-5,8H2,1-2H3. The van der Waals surface area contributed by atoms with Gasteiger partial charge in [0, 0.05) is 12.7 Å². The highest BCUT2D eigenvalue weighted by Gasteiger charge is 2.58. The van der Waals surface area contributed by atoms with Gasteiger partial charge in [-0.05, 0) is 30.9 Å². The molecule has 0 fully saturated rings. The number of rotatable bonds is 2. The van der Waals surface area contributed by atoms with Crippen molar-refractivity contribution in [1.29, 1.82) is 0 Å². The summed E-state index contributed by atoms with van der Waals surface area (Å²) < 4.78 is 50.1. The van der Waals surface area contributed by atoms with Crippen LogP contribution in [-0.4, -0.2) is 20.4 Å². The summed E-state index contributed by atoms with van der Waals surface area (Å²) in [5.74, 6) is 0.498. The van der Waals surface area contributed by atoms with Crippen molar-refractivity contribution in [2.45, 2.75) is 31.0 Å². The highest BCUT2D eigenvalue weighted by Crippen LogP contribution is 2.50. The van der Waals surface area contributed by atoms with Gasteiger partial charge in [0.25, 0.3) is 0 Å². The van der Waals surface area contributed by atoms with Gasteiger partial charge in [-0.2, -0.15) is 13.2 Å². The van der Waals surface area contributed by atoms with Crippen LogP contribution in [0.3, 0.4) is 0 Å². The smallest absolute Gasteiger partial charge is 0.421 e. The van der Waals surface area contributed by atoms with Gasteiger partial charge in [-0.15, -0.1) is 0 Å². The van der Waals surface area contributed by atoms with Crippen LogP contribution in [-0.2, 0) is 16.8 Å². The summed E-state index contributed by atoms with van der Waals surface area (Å²) in [6.45, 7) is 0. The molecule has 0 saturated carbocycles. The zero-order valence-corrected chi connectivity index (χ0v) is 10.3. The van der Waals surface area contributed by atoms with Crippen LogP contribution in [0.4, 0.5) is 13.2 Å². The lowest BCUT2D eigenvalue weighted by Gasteiger charge is -2.39. The first-order valence-electron chi connectivity index (χ1n) is 5.74. The summed E-state index contributed by atoms with van der Waals surface area (Å²) in [5.41, 5.74) is -1.41. The molecule has 0 heterocycles. The van der Waals surface area contributed by atoms with E-state index in [0.717, 1.165) is 7.11 Å². The minimum Gasteiger partial charge on any atom is -0.496 e. The lowest BCUT2D eigenvalue weighted by atomic mass is 9.78. The third-order valence-electron chi connectivity index (χ3n) is 3.55. The molecule has 1 unspecified atom stereocenters. The number of fused-ring (bicyclic) bond motifs is 1. The number of alkyl halides is 3. The molecular weight excluding hydrogens is 245 g/mol. The normalized spacial score (nSPS) is 23.6. The van der Waals surface area contributed by atoms with Crippen LogP contribution in [0.2, 0.25) is 0 Å². The van der Waals surface area contributed by atoms with Crippen LogP contribution in [0, 0.1) is 0 Å². The molecule has 2 nitrogen and oxygen atoms in total. The van der Waals surface area contributed by atoms with Crippen LogP contribution in [0.1, 0.15) is 24.0 Å². The van der Waals surface area contributed by atoms with Crippen molar-refractivity contribution in [2.24, 2.45) is 0 Å². The van der Waals surface area contributed by atoms with E-state index in [1.807, 2.05) is 0 Å². The zero-order valence-electron chi connectivity index (χ0n) is 10.3. The molecule has 0 saturated heterocycles. The Morgan fingerprint density at radius 3 is 2.50 bits per heavy atom. The number of halogens is 3. The minimum absolute atomic E-state index is 0.0484. The number of hydrogen-bond donors (Lipinski definition) is 0. The Morgan fingerprint density at radius 1 is 1.22 bits per heavy atom. The van der Waals surface area contributed by atoms with E-state index in [4.69, 9.17) is 9.47 Å². The summed E-state index contributed by atoms with van der Waals surface area (Å²) in [4.78, 5) is 0. The maximum Gasteiger partial charge on any atom is 0.421 e. The Hall–Kier alpha value is -1.23. The van der Waals surface area contributed by atoms with Crippen LogP contribution in [0.15, 0.2) is 18.2 Å². The zero-order chi connectivity index (χ0) is 13.4. The maximum absolute atomic E-state index is 13.3. The second kappa shape index (κ2) is 4.46. The van der Waals surface area contributed by atoms with E-state index < -0.39 is 11.8 Å². The van der Waals surface area contributed by atoms with Gasteiger partial charge >= 0.3 is 6.18 Å². The summed E-state index contributed by atoms with van der Waals surface area (Å²) >= 11 is 0. The first-order chi connectivity index (χ1) is 8.46. The van der Waals surface area contributed by atoms with E-state index >= 15 is 0 Å². The maximum atomic E-state index is 13.3. The number of methoxy groups -OCH3 is 2. The molecule has 18 heavy (non-hydrogen) atoms. The Labute approximate surface area is 104 Å². The lowest BCUT2D eigenvalue weighted by molar-refractivity contribution is -0.281. The number of ether oxygens (including phenoxy) is 2. The van der Waals surface area contributed by atoms with Gasteiger partial charge in [0.1, 0.15) is 5.75 Å². The predicted octanol–water partition coefficient (Wildman–Crippen LogP) is 3.44. The highest BCUT2D eigenvalue weighted by molar-refractivity contribution is 5.45. The van der Waals surface area contributed by atoms with Crippen LogP contribution in [0.25, 0.3) is 0 Å². The number of hydrogen-bond acceptors (Lipinski definition) is 2. The fourth-order valence-corrected chi connectivity index (χ4v) is 2.66. The van der Waals surface area contributed by atoms with Gasteiger partial charge in [-0.25, -0.2) is 0 Å². The van der Waals surface area contributed by atoms with Gasteiger partial charge in [0.2, 0.25) is 0 Å². The van der Waals surface area contributed by atoms with Crippen LogP contribution < -0.4 is 4.74 Å². The summed E-state index contributed by atoms with van der Waals surface area (Å²) in [6.07, 6.45) is -3.46. The molecule has 5 heteroatoms. The first-order valence-corrected chi connectivity index (χ1v) is 5.74. The van der Waals surface area contributed by atoms with Gasteiger partial charge in [0.15, 0.2) is 5.60 Å². The van der Waals surface area contributed by atoms with Gasteiger partial charge in [-0.1, -0.05) is 12.1 Å². The highest BCUT2D eigenvalue weighted by atomic mass is 19.4. The SMILES string of the molecule is COc1cccc2c1CCCC2(OC)C(F)(F)F. The van der Waals surface area contributed by atoms with Crippen molar-refractivity contribution >= 4 is 0 Å². The molecule has 1 atom stereocenters. The molecule has 100 valence electrons. The molecule has 0 bridgehead atoms. The van der Waals surface area contributed by atoms with Crippen molar-refractivity contribution in [3.63, 3.8) is 0 Å². The van der Waals surface area contributed by atoms with Crippen molar-refractivity contribution in [1.82, 2.24) is 0 Å². The quantitative estimate of drug-likeness (QED) is 0.811. The summed E-state index contributed by atoms with van der Waals surface area (Å²) in [5, 5.41) is 0. The van der Waals surface area contributed by atoms with Gasteiger partial charge in [0.05, 0.1) is 7.11 Å².